The van der Waals surface area contributed by atoms with Crippen molar-refractivity contribution < 1.29 is 22.7 Å². The number of fused-ring (bicyclic) bond motifs is 2. The SMILES string of the molecule is CCOC(=O)N1CCc2c(sc(NC(=O)c3ccc(S(=O)(=O)N(C)c4ccccc4)cc3)c2-c2nc3ccccc3s2)C1. The van der Waals surface area contributed by atoms with E-state index in [-0.39, 0.29) is 16.9 Å². The topological polar surface area (TPSA) is 109 Å². The molecule has 0 unspecified atom stereocenters. The van der Waals surface area contributed by atoms with Gasteiger partial charge in [-0.05, 0) is 67.4 Å². The summed E-state index contributed by atoms with van der Waals surface area (Å²) in [6.07, 6.45) is 0.245. The van der Waals surface area contributed by atoms with Crippen molar-refractivity contribution in [1.82, 2.24) is 9.88 Å². The number of nitrogens with one attached hydrogen (secondary N) is 1. The number of para-hydroxylation sites is 2. The maximum Gasteiger partial charge on any atom is 0.410 e. The Balaban J connectivity index is 1.30. The molecule has 0 fully saturated rings. The van der Waals surface area contributed by atoms with E-state index in [1.54, 1.807) is 47.4 Å². The van der Waals surface area contributed by atoms with E-state index >= 15 is 0 Å². The van der Waals surface area contributed by atoms with Crippen molar-refractivity contribution in [2.75, 3.05) is 29.8 Å². The summed E-state index contributed by atoms with van der Waals surface area (Å²) in [7, 11) is -2.32. The van der Waals surface area contributed by atoms with E-state index in [1.807, 2.05) is 30.3 Å². The molecule has 0 saturated heterocycles. The number of carbonyl (C=O) groups is 2. The van der Waals surface area contributed by atoms with Crippen molar-refractivity contribution in [2.24, 2.45) is 0 Å². The van der Waals surface area contributed by atoms with Crippen LogP contribution in [-0.4, -0.2) is 50.5 Å². The molecule has 43 heavy (non-hydrogen) atoms. The predicted octanol–water partition coefficient (Wildman–Crippen LogP) is 6.62. The summed E-state index contributed by atoms with van der Waals surface area (Å²) in [5.74, 6) is -0.372. The number of carbonyl (C=O) groups excluding carboxylic acids is 2. The summed E-state index contributed by atoms with van der Waals surface area (Å²) < 4.78 is 33.9. The van der Waals surface area contributed by atoms with Gasteiger partial charge in [0.05, 0.1) is 34.0 Å². The molecule has 2 amide bonds. The number of hydrogen-bond acceptors (Lipinski definition) is 8. The molecule has 5 aromatic rings. The fraction of sp³-hybridized carbons (Fsp3) is 0.194. The molecule has 0 aliphatic carbocycles. The van der Waals surface area contributed by atoms with Gasteiger partial charge in [0.15, 0.2) is 0 Å². The third-order valence-electron chi connectivity index (χ3n) is 7.21. The van der Waals surface area contributed by atoms with E-state index in [0.717, 1.165) is 31.2 Å². The van der Waals surface area contributed by atoms with Crippen LogP contribution >= 0.6 is 22.7 Å². The highest BCUT2D eigenvalue weighted by molar-refractivity contribution is 7.92. The molecule has 220 valence electrons. The van der Waals surface area contributed by atoms with Gasteiger partial charge in [0.2, 0.25) is 0 Å². The van der Waals surface area contributed by atoms with Gasteiger partial charge in [-0.3, -0.25) is 9.10 Å². The minimum Gasteiger partial charge on any atom is -0.450 e. The second kappa shape index (κ2) is 11.8. The average Bonchev–Trinajstić information content (AvgIpc) is 3.61. The minimum absolute atomic E-state index is 0.0798. The Hall–Kier alpha value is -4.26. The summed E-state index contributed by atoms with van der Waals surface area (Å²) in [5.41, 5.74) is 3.65. The number of ether oxygens (including phenoxy) is 1. The van der Waals surface area contributed by atoms with Gasteiger partial charge in [-0.15, -0.1) is 22.7 Å². The van der Waals surface area contributed by atoms with Gasteiger partial charge in [-0.1, -0.05) is 30.3 Å². The number of thiazole rings is 1. The highest BCUT2D eigenvalue weighted by Crippen LogP contribution is 2.46. The molecule has 3 aromatic carbocycles. The number of nitrogens with zero attached hydrogens (tertiary/aromatic N) is 3. The van der Waals surface area contributed by atoms with Crippen LogP contribution in [0.3, 0.4) is 0 Å². The van der Waals surface area contributed by atoms with E-state index in [4.69, 9.17) is 9.72 Å². The molecule has 0 spiro atoms. The highest BCUT2D eigenvalue weighted by atomic mass is 32.2. The maximum atomic E-state index is 13.5. The van der Waals surface area contributed by atoms with E-state index < -0.39 is 10.0 Å². The van der Waals surface area contributed by atoms with Gasteiger partial charge in [-0.2, -0.15) is 0 Å². The number of anilines is 2. The Kier molecular flexibility index (Phi) is 7.91. The van der Waals surface area contributed by atoms with E-state index in [0.29, 0.717) is 42.4 Å². The van der Waals surface area contributed by atoms with Crippen LogP contribution in [-0.2, 0) is 27.7 Å². The quantitative estimate of drug-likeness (QED) is 0.216. The van der Waals surface area contributed by atoms with Crippen LogP contribution in [0, 0.1) is 0 Å². The molecule has 6 rings (SSSR count). The van der Waals surface area contributed by atoms with Crippen LogP contribution in [0.2, 0.25) is 0 Å². The van der Waals surface area contributed by atoms with Gasteiger partial charge in [0, 0.05) is 29.6 Å². The number of amides is 2. The fourth-order valence-electron chi connectivity index (χ4n) is 4.96. The van der Waals surface area contributed by atoms with Gasteiger partial charge < -0.3 is 15.0 Å². The summed E-state index contributed by atoms with van der Waals surface area (Å²) in [4.78, 5) is 33.5. The zero-order chi connectivity index (χ0) is 30.1. The lowest BCUT2D eigenvalue weighted by atomic mass is 10.0. The van der Waals surface area contributed by atoms with Gasteiger partial charge in [-0.25, -0.2) is 18.2 Å². The molecule has 1 aliphatic heterocycles. The average molecular weight is 633 g/mol. The normalized spacial score (nSPS) is 13.0. The van der Waals surface area contributed by atoms with E-state index in [9.17, 15) is 18.0 Å². The summed E-state index contributed by atoms with van der Waals surface area (Å²) >= 11 is 2.97. The predicted molar refractivity (Wildman–Crippen MR) is 170 cm³/mol. The number of rotatable bonds is 7. The van der Waals surface area contributed by atoms with E-state index in [1.165, 1.54) is 47.0 Å². The number of benzene rings is 3. The number of hydrogen-bond donors (Lipinski definition) is 1. The minimum atomic E-state index is -3.81. The number of aromatic nitrogens is 1. The van der Waals surface area contributed by atoms with E-state index in [2.05, 4.69) is 5.32 Å². The zero-order valence-corrected chi connectivity index (χ0v) is 25.9. The molecule has 0 atom stereocenters. The van der Waals surface area contributed by atoms with Gasteiger partial charge >= 0.3 is 6.09 Å². The lowest BCUT2D eigenvalue weighted by Gasteiger charge is -2.26. The molecule has 3 heterocycles. The fourth-order valence-corrected chi connectivity index (χ4v) is 8.52. The number of sulfonamides is 1. The molecule has 9 nitrogen and oxygen atoms in total. The molecule has 0 radical (unpaired) electrons. The van der Waals surface area contributed by atoms with Gasteiger partial charge in [0.1, 0.15) is 10.0 Å². The third-order valence-corrected chi connectivity index (χ3v) is 11.2. The first kappa shape index (κ1) is 28.8. The molecule has 1 N–H and O–H groups in total. The Morgan fingerprint density at radius 3 is 2.44 bits per heavy atom. The maximum absolute atomic E-state index is 13.5. The molecule has 2 aromatic heterocycles. The van der Waals surface area contributed by atoms with Crippen LogP contribution in [0.4, 0.5) is 15.5 Å². The number of thiophene rings is 1. The molecule has 1 aliphatic rings. The Bertz CT molecular complexity index is 1890. The monoisotopic (exact) mass is 632 g/mol. The second-order valence-corrected chi connectivity index (χ2v) is 14.0. The van der Waals surface area contributed by atoms with Crippen molar-refractivity contribution >= 4 is 65.6 Å². The van der Waals surface area contributed by atoms with Gasteiger partial charge in [0.25, 0.3) is 15.9 Å². The molecule has 0 saturated carbocycles. The largest absolute Gasteiger partial charge is 0.450 e. The van der Waals surface area contributed by atoms with Crippen molar-refractivity contribution in [3.8, 4) is 10.6 Å². The Morgan fingerprint density at radius 2 is 1.72 bits per heavy atom. The van der Waals surface area contributed by atoms with Crippen LogP contribution in [0.25, 0.3) is 20.8 Å². The summed E-state index contributed by atoms with van der Waals surface area (Å²) in [5, 5.41) is 4.49. The molecular weight excluding hydrogens is 605 g/mol. The first-order valence-corrected chi connectivity index (χ1v) is 16.7. The lowest BCUT2D eigenvalue weighted by molar-refractivity contribution is 0.102. The molecule has 12 heteroatoms. The van der Waals surface area contributed by atoms with Crippen molar-refractivity contribution in [1.29, 1.82) is 0 Å². The second-order valence-electron chi connectivity index (χ2n) is 9.85. The third kappa shape index (κ3) is 5.61. The standard InChI is InChI=1S/C31H28N4O5S3/c1-3-40-31(37)35-18-17-23-26(19-35)42-30(27(23)29-32-24-11-7-8-12-25(24)41-29)33-28(36)20-13-15-22(16-14-20)43(38,39)34(2)21-9-5-4-6-10-21/h4-16H,3,17-19H2,1-2H3,(H,33,36). The van der Waals surface area contributed by atoms with Crippen LogP contribution < -0.4 is 9.62 Å². The van der Waals surface area contributed by atoms with Crippen LogP contribution in [0.1, 0.15) is 27.7 Å². The zero-order valence-electron chi connectivity index (χ0n) is 23.4. The lowest BCUT2D eigenvalue weighted by Crippen LogP contribution is -2.35. The van der Waals surface area contributed by atoms with Crippen molar-refractivity contribution in [3.05, 3.63) is 94.9 Å². The van der Waals surface area contributed by atoms with Crippen LogP contribution in [0.5, 0.6) is 0 Å². The Morgan fingerprint density at radius 1 is 1.00 bits per heavy atom. The molecular formula is C31H28N4O5S3. The Labute approximate surface area is 257 Å². The first-order chi connectivity index (χ1) is 20.8. The smallest absolute Gasteiger partial charge is 0.410 e. The summed E-state index contributed by atoms with van der Waals surface area (Å²) in [6.45, 7) is 2.96. The van der Waals surface area contributed by atoms with Crippen LogP contribution in [0.15, 0.2) is 83.8 Å². The van der Waals surface area contributed by atoms with Crippen molar-refractivity contribution in [2.45, 2.75) is 24.8 Å². The summed E-state index contributed by atoms with van der Waals surface area (Å²) in [6, 6.07) is 22.6. The highest BCUT2D eigenvalue weighted by Gasteiger charge is 2.30. The first-order valence-electron chi connectivity index (χ1n) is 13.6. The van der Waals surface area contributed by atoms with Crippen molar-refractivity contribution in [3.63, 3.8) is 0 Å². The molecule has 0 bridgehead atoms.